The third-order valence-corrected chi connectivity index (χ3v) is 2.75. The van der Waals surface area contributed by atoms with Crippen LogP contribution in [0.5, 0.6) is 0 Å². The van der Waals surface area contributed by atoms with Crippen LogP contribution in [0.1, 0.15) is 5.56 Å². The highest BCUT2D eigenvalue weighted by Gasteiger charge is 2.14. The van der Waals surface area contributed by atoms with Gasteiger partial charge in [0.25, 0.3) is 6.43 Å². The van der Waals surface area contributed by atoms with E-state index in [1.807, 2.05) is 24.3 Å². The Morgan fingerprint density at radius 3 is 2.75 bits per heavy atom. The van der Waals surface area contributed by atoms with Crippen LogP contribution in [0.15, 0.2) is 24.3 Å². The summed E-state index contributed by atoms with van der Waals surface area (Å²) in [6.45, 7) is -0.511. The summed E-state index contributed by atoms with van der Waals surface area (Å²) < 4.78 is 25.1. The Bertz CT molecular complexity index is 371. The van der Waals surface area contributed by atoms with Gasteiger partial charge < -0.3 is 4.90 Å². The first-order chi connectivity index (χ1) is 7.49. The molecular weight excluding hydrogens is 327 g/mol. The van der Waals surface area contributed by atoms with Crippen LogP contribution >= 0.6 is 22.6 Å². The van der Waals surface area contributed by atoms with Crippen LogP contribution in [0, 0.1) is 3.57 Å². The Morgan fingerprint density at radius 2 is 2.19 bits per heavy atom. The summed E-state index contributed by atoms with van der Waals surface area (Å²) in [7, 11) is 1.39. The average molecular weight is 339 g/mol. The first kappa shape index (κ1) is 13.3. The molecule has 0 saturated heterocycles. The van der Waals surface area contributed by atoms with Crippen molar-refractivity contribution in [1.82, 2.24) is 4.90 Å². The zero-order chi connectivity index (χ0) is 12.1. The van der Waals surface area contributed by atoms with E-state index < -0.39 is 13.0 Å². The maximum Gasteiger partial charge on any atom is 0.255 e. The number of alkyl halides is 2. The summed E-state index contributed by atoms with van der Waals surface area (Å²) in [5, 5.41) is 0. The van der Waals surface area contributed by atoms with E-state index in [-0.39, 0.29) is 12.3 Å². The van der Waals surface area contributed by atoms with Crippen molar-refractivity contribution in [1.29, 1.82) is 0 Å². The van der Waals surface area contributed by atoms with Gasteiger partial charge in [0.05, 0.1) is 13.0 Å². The Hall–Kier alpha value is -0.720. The van der Waals surface area contributed by atoms with Crippen molar-refractivity contribution >= 4 is 28.5 Å². The van der Waals surface area contributed by atoms with Gasteiger partial charge in [0.1, 0.15) is 0 Å². The molecule has 0 N–H and O–H groups in total. The van der Waals surface area contributed by atoms with Gasteiger partial charge in [-0.3, -0.25) is 4.79 Å². The Labute approximate surface area is 107 Å². The lowest BCUT2D eigenvalue weighted by Gasteiger charge is -2.16. The van der Waals surface area contributed by atoms with Gasteiger partial charge in [-0.1, -0.05) is 12.1 Å². The van der Waals surface area contributed by atoms with Gasteiger partial charge >= 0.3 is 0 Å². The normalized spacial score (nSPS) is 10.6. The molecule has 5 heteroatoms. The molecule has 2 nitrogen and oxygen atoms in total. The van der Waals surface area contributed by atoms with E-state index in [1.165, 1.54) is 7.05 Å². The number of likely N-dealkylation sites (N-methyl/N-ethyl adjacent to an activating group) is 1. The zero-order valence-electron chi connectivity index (χ0n) is 8.79. The predicted molar refractivity (Wildman–Crippen MR) is 66.5 cm³/mol. The van der Waals surface area contributed by atoms with Crippen molar-refractivity contribution in [2.45, 2.75) is 12.8 Å². The number of rotatable bonds is 4. The summed E-state index contributed by atoms with van der Waals surface area (Å²) in [6.07, 6.45) is -2.31. The van der Waals surface area contributed by atoms with Crippen molar-refractivity contribution in [3.8, 4) is 0 Å². The lowest BCUT2D eigenvalue weighted by Crippen LogP contribution is -2.32. The van der Waals surface area contributed by atoms with E-state index in [4.69, 9.17) is 0 Å². The van der Waals surface area contributed by atoms with Crippen molar-refractivity contribution < 1.29 is 13.6 Å². The van der Waals surface area contributed by atoms with Crippen molar-refractivity contribution in [2.24, 2.45) is 0 Å². The van der Waals surface area contributed by atoms with E-state index in [0.717, 1.165) is 14.0 Å². The molecule has 16 heavy (non-hydrogen) atoms. The molecule has 0 spiro atoms. The number of amides is 1. The maximum absolute atomic E-state index is 12.1. The van der Waals surface area contributed by atoms with E-state index in [2.05, 4.69) is 22.6 Å². The third-order valence-electron chi connectivity index (χ3n) is 2.08. The molecule has 1 amide bonds. The monoisotopic (exact) mass is 339 g/mol. The van der Waals surface area contributed by atoms with Crippen molar-refractivity contribution in [2.75, 3.05) is 13.6 Å². The highest BCUT2D eigenvalue weighted by atomic mass is 127. The van der Waals surface area contributed by atoms with Crippen LogP contribution in [-0.4, -0.2) is 30.8 Å². The fourth-order valence-electron chi connectivity index (χ4n) is 1.27. The molecule has 0 aliphatic carbocycles. The molecule has 0 heterocycles. The molecule has 88 valence electrons. The number of carbonyl (C=O) groups excluding carboxylic acids is 1. The predicted octanol–water partition coefficient (Wildman–Crippen LogP) is 2.56. The minimum absolute atomic E-state index is 0.167. The molecule has 0 aromatic heterocycles. The molecule has 0 unspecified atom stereocenters. The number of hydrogen-bond donors (Lipinski definition) is 0. The van der Waals surface area contributed by atoms with Gasteiger partial charge in [-0.05, 0) is 40.3 Å². The second-order valence-electron chi connectivity index (χ2n) is 3.47. The standard InChI is InChI=1S/C11H12F2INO/c1-15(7-10(12)13)11(16)6-8-3-2-4-9(14)5-8/h2-5,10H,6-7H2,1H3. The molecular formula is C11H12F2INO. The molecule has 0 fully saturated rings. The molecule has 0 bridgehead atoms. The van der Waals surface area contributed by atoms with Gasteiger partial charge in [-0.25, -0.2) is 8.78 Å². The molecule has 1 rings (SSSR count). The second kappa shape index (κ2) is 6.12. The third kappa shape index (κ3) is 4.42. The minimum atomic E-state index is -2.48. The zero-order valence-corrected chi connectivity index (χ0v) is 10.9. The van der Waals surface area contributed by atoms with Crippen LogP contribution < -0.4 is 0 Å². The highest BCUT2D eigenvalue weighted by Crippen LogP contribution is 2.09. The SMILES string of the molecule is CN(CC(F)F)C(=O)Cc1cccc(I)c1. The second-order valence-corrected chi connectivity index (χ2v) is 4.72. The highest BCUT2D eigenvalue weighted by molar-refractivity contribution is 14.1. The van der Waals surface area contributed by atoms with Gasteiger partial charge in [0, 0.05) is 10.6 Å². The molecule has 1 aromatic rings. The van der Waals surface area contributed by atoms with Crippen LogP contribution in [0.3, 0.4) is 0 Å². The van der Waals surface area contributed by atoms with E-state index in [0.29, 0.717) is 0 Å². The van der Waals surface area contributed by atoms with Crippen molar-refractivity contribution in [3.63, 3.8) is 0 Å². The summed E-state index contributed by atoms with van der Waals surface area (Å²) in [6, 6.07) is 7.44. The van der Waals surface area contributed by atoms with Gasteiger partial charge in [0.2, 0.25) is 5.91 Å². The van der Waals surface area contributed by atoms with Gasteiger partial charge in [-0.2, -0.15) is 0 Å². The molecule has 0 saturated carbocycles. The number of hydrogen-bond acceptors (Lipinski definition) is 1. The molecule has 0 atom stereocenters. The summed E-state index contributed by atoms with van der Waals surface area (Å²) in [4.78, 5) is 12.6. The van der Waals surface area contributed by atoms with Crippen LogP contribution in [0.25, 0.3) is 0 Å². The summed E-state index contributed by atoms with van der Waals surface area (Å²) in [5.41, 5.74) is 0.845. The molecule has 0 aliphatic rings. The largest absolute Gasteiger partial charge is 0.340 e. The number of halogens is 3. The first-order valence-corrected chi connectivity index (χ1v) is 5.83. The molecule has 1 aromatic carbocycles. The van der Waals surface area contributed by atoms with Crippen LogP contribution in [0.4, 0.5) is 8.78 Å². The Morgan fingerprint density at radius 1 is 1.50 bits per heavy atom. The smallest absolute Gasteiger partial charge is 0.255 e. The average Bonchev–Trinajstić information content (AvgIpc) is 2.16. The summed E-state index contributed by atoms with van der Waals surface area (Å²) in [5.74, 6) is -0.290. The number of benzene rings is 1. The van der Waals surface area contributed by atoms with E-state index in [1.54, 1.807) is 0 Å². The van der Waals surface area contributed by atoms with E-state index in [9.17, 15) is 13.6 Å². The van der Waals surface area contributed by atoms with Gasteiger partial charge in [-0.15, -0.1) is 0 Å². The van der Waals surface area contributed by atoms with Crippen LogP contribution in [0.2, 0.25) is 0 Å². The maximum atomic E-state index is 12.1. The fourth-order valence-corrected chi connectivity index (χ4v) is 1.87. The first-order valence-electron chi connectivity index (χ1n) is 4.75. The fraction of sp³-hybridized carbons (Fsp3) is 0.364. The molecule has 0 aliphatic heterocycles. The van der Waals surface area contributed by atoms with E-state index >= 15 is 0 Å². The lowest BCUT2D eigenvalue weighted by atomic mass is 10.1. The van der Waals surface area contributed by atoms with Gasteiger partial charge in [0.15, 0.2) is 0 Å². The number of carbonyl (C=O) groups is 1. The van der Waals surface area contributed by atoms with Crippen LogP contribution in [-0.2, 0) is 11.2 Å². The summed E-state index contributed by atoms with van der Waals surface area (Å²) >= 11 is 2.14. The quantitative estimate of drug-likeness (QED) is 0.772. The minimum Gasteiger partial charge on any atom is -0.340 e. The molecule has 0 radical (unpaired) electrons. The number of nitrogens with zero attached hydrogens (tertiary/aromatic N) is 1. The Kier molecular flexibility index (Phi) is 5.11. The van der Waals surface area contributed by atoms with Crippen molar-refractivity contribution in [3.05, 3.63) is 33.4 Å². The Balaban J connectivity index is 2.57. The topological polar surface area (TPSA) is 20.3 Å². The lowest BCUT2D eigenvalue weighted by molar-refractivity contribution is -0.130.